The standard InChI is InChI=1S/C8H18O.C6H8O3/c1-6-7(2)9-8(3,4)5;1-3-4(2)6(8)9-5(3)7/h7H,6H2,1-5H3;3-4H,1-2H3. The maximum absolute atomic E-state index is 10.6. The van der Waals surface area contributed by atoms with Gasteiger partial charge in [-0.1, -0.05) is 20.8 Å². The van der Waals surface area contributed by atoms with Crippen molar-refractivity contribution in [1.82, 2.24) is 0 Å². The Labute approximate surface area is 110 Å². The van der Waals surface area contributed by atoms with Crippen molar-refractivity contribution >= 4 is 11.9 Å². The number of esters is 2. The van der Waals surface area contributed by atoms with Crippen molar-refractivity contribution in [3.05, 3.63) is 0 Å². The molecule has 1 heterocycles. The normalized spacial score (nSPS) is 25.3. The second kappa shape index (κ2) is 6.88. The lowest BCUT2D eigenvalue weighted by atomic mass is 10.00. The molecular weight excluding hydrogens is 232 g/mol. The van der Waals surface area contributed by atoms with Gasteiger partial charge in [0.05, 0.1) is 23.5 Å². The van der Waals surface area contributed by atoms with E-state index in [1.807, 2.05) is 0 Å². The van der Waals surface area contributed by atoms with Gasteiger partial charge in [-0.2, -0.15) is 0 Å². The molecule has 3 unspecified atom stereocenters. The van der Waals surface area contributed by atoms with E-state index in [1.165, 1.54) is 0 Å². The second-order valence-electron chi connectivity index (χ2n) is 5.77. The molecule has 1 fully saturated rings. The summed E-state index contributed by atoms with van der Waals surface area (Å²) in [5.41, 5.74) is 0.0232. The van der Waals surface area contributed by atoms with E-state index in [4.69, 9.17) is 4.74 Å². The molecule has 1 aliphatic heterocycles. The molecule has 0 bridgehead atoms. The molecule has 1 saturated heterocycles. The summed E-state index contributed by atoms with van der Waals surface area (Å²) in [7, 11) is 0. The first-order chi connectivity index (χ1) is 8.08. The lowest BCUT2D eigenvalue weighted by molar-refractivity contribution is -0.153. The van der Waals surface area contributed by atoms with Crippen molar-refractivity contribution in [3.8, 4) is 0 Å². The highest BCUT2D eigenvalue weighted by molar-refractivity contribution is 5.95. The van der Waals surface area contributed by atoms with Crippen LogP contribution in [-0.4, -0.2) is 23.6 Å². The molecule has 0 aromatic carbocycles. The first-order valence-corrected chi connectivity index (χ1v) is 6.51. The zero-order valence-corrected chi connectivity index (χ0v) is 12.6. The lowest BCUT2D eigenvalue weighted by Gasteiger charge is -2.23. The quantitative estimate of drug-likeness (QED) is 0.564. The van der Waals surface area contributed by atoms with Gasteiger partial charge in [-0.25, -0.2) is 0 Å². The summed E-state index contributed by atoms with van der Waals surface area (Å²) >= 11 is 0. The average molecular weight is 258 g/mol. The zero-order valence-electron chi connectivity index (χ0n) is 12.6. The molecular formula is C14H26O4. The van der Waals surface area contributed by atoms with E-state index in [9.17, 15) is 9.59 Å². The van der Waals surface area contributed by atoms with Crippen LogP contribution >= 0.6 is 0 Å². The van der Waals surface area contributed by atoms with Crippen molar-refractivity contribution in [2.45, 2.75) is 66.6 Å². The predicted molar refractivity (Wildman–Crippen MR) is 70.0 cm³/mol. The Morgan fingerprint density at radius 2 is 1.56 bits per heavy atom. The Balaban J connectivity index is 0.000000321. The van der Waals surface area contributed by atoms with Crippen LogP contribution in [0.4, 0.5) is 0 Å². The number of rotatable bonds is 2. The van der Waals surface area contributed by atoms with Crippen molar-refractivity contribution < 1.29 is 19.1 Å². The van der Waals surface area contributed by atoms with Gasteiger partial charge in [0.2, 0.25) is 0 Å². The van der Waals surface area contributed by atoms with Crippen LogP contribution in [0.1, 0.15) is 54.9 Å². The molecule has 106 valence electrons. The molecule has 4 nitrogen and oxygen atoms in total. The SMILES string of the molecule is CC1C(=O)OC(=O)C1C.CCC(C)OC(C)(C)C. The van der Waals surface area contributed by atoms with E-state index < -0.39 is 11.9 Å². The van der Waals surface area contributed by atoms with Crippen LogP contribution in [0.3, 0.4) is 0 Å². The molecule has 18 heavy (non-hydrogen) atoms. The summed E-state index contributed by atoms with van der Waals surface area (Å²) in [4.78, 5) is 21.1. The van der Waals surface area contributed by atoms with Gasteiger partial charge >= 0.3 is 11.9 Å². The smallest absolute Gasteiger partial charge is 0.317 e. The molecule has 0 N–H and O–H groups in total. The minimum Gasteiger partial charge on any atom is -0.393 e. The third kappa shape index (κ3) is 6.15. The van der Waals surface area contributed by atoms with E-state index in [0.717, 1.165) is 6.42 Å². The second-order valence-corrected chi connectivity index (χ2v) is 5.77. The fraction of sp³-hybridized carbons (Fsp3) is 0.857. The van der Waals surface area contributed by atoms with Gasteiger partial charge in [-0.05, 0) is 34.1 Å². The monoisotopic (exact) mass is 258 g/mol. The summed E-state index contributed by atoms with van der Waals surface area (Å²) in [6, 6.07) is 0. The molecule has 0 aromatic heterocycles. The molecule has 0 amide bonds. The first-order valence-electron chi connectivity index (χ1n) is 6.51. The Morgan fingerprint density at radius 1 is 1.17 bits per heavy atom. The number of carbonyl (C=O) groups is 2. The predicted octanol–water partition coefficient (Wildman–Crippen LogP) is 2.94. The minimum atomic E-state index is -0.396. The molecule has 4 heteroatoms. The average Bonchev–Trinajstić information content (AvgIpc) is 2.44. The topological polar surface area (TPSA) is 52.6 Å². The summed E-state index contributed by atoms with van der Waals surface area (Å²) in [5, 5.41) is 0. The van der Waals surface area contributed by atoms with E-state index in [-0.39, 0.29) is 17.4 Å². The molecule has 0 saturated carbocycles. The van der Waals surface area contributed by atoms with Crippen molar-refractivity contribution in [3.63, 3.8) is 0 Å². The maximum atomic E-state index is 10.6. The third-order valence-electron chi connectivity index (χ3n) is 2.82. The summed E-state index contributed by atoms with van der Waals surface area (Å²) in [6.07, 6.45) is 1.49. The van der Waals surface area contributed by atoms with Gasteiger partial charge in [0, 0.05) is 0 Å². The summed E-state index contributed by atoms with van der Waals surface area (Å²) in [5.74, 6) is -1.30. The molecule has 0 aliphatic carbocycles. The molecule has 0 aromatic rings. The lowest BCUT2D eigenvalue weighted by Crippen LogP contribution is -2.24. The van der Waals surface area contributed by atoms with Crippen molar-refractivity contribution in [2.24, 2.45) is 11.8 Å². The number of cyclic esters (lactones) is 2. The number of hydrogen-bond donors (Lipinski definition) is 0. The Kier molecular flexibility index (Phi) is 6.54. The van der Waals surface area contributed by atoms with Gasteiger partial charge < -0.3 is 9.47 Å². The van der Waals surface area contributed by atoms with Crippen molar-refractivity contribution in [2.75, 3.05) is 0 Å². The zero-order chi connectivity index (χ0) is 14.5. The van der Waals surface area contributed by atoms with Gasteiger partial charge in [-0.3, -0.25) is 9.59 Å². The van der Waals surface area contributed by atoms with Crippen LogP contribution in [0.5, 0.6) is 0 Å². The van der Waals surface area contributed by atoms with Gasteiger partial charge in [0.1, 0.15) is 0 Å². The third-order valence-corrected chi connectivity index (χ3v) is 2.82. The van der Waals surface area contributed by atoms with Gasteiger partial charge in [-0.15, -0.1) is 0 Å². The van der Waals surface area contributed by atoms with Crippen LogP contribution in [0.25, 0.3) is 0 Å². The summed E-state index contributed by atoms with van der Waals surface area (Å²) < 4.78 is 9.89. The fourth-order valence-corrected chi connectivity index (χ4v) is 1.38. The van der Waals surface area contributed by atoms with Crippen LogP contribution in [0.15, 0.2) is 0 Å². The van der Waals surface area contributed by atoms with Crippen LogP contribution < -0.4 is 0 Å². The molecule has 3 atom stereocenters. The maximum Gasteiger partial charge on any atom is 0.317 e. The number of hydrogen-bond acceptors (Lipinski definition) is 4. The van der Waals surface area contributed by atoms with E-state index >= 15 is 0 Å². The van der Waals surface area contributed by atoms with E-state index in [2.05, 4.69) is 39.4 Å². The van der Waals surface area contributed by atoms with E-state index in [0.29, 0.717) is 6.10 Å². The van der Waals surface area contributed by atoms with Crippen molar-refractivity contribution in [1.29, 1.82) is 0 Å². The largest absolute Gasteiger partial charge is 0.393 e. The Bertz CT molecular complexity index is 273. The van der Waals surface area contributed by atoms with Gasteiger partial charge in [0.15, 0.2) is 0 Å². The number of ether oxygens (including phenoxy) is 2. The molecule has 1 rings (SSSR count). The first kappa shape index (κ1) is 17.1. The highest BCUT2D eigenvalue weighted by Gasteiger charge is 2.37. The molecule has 0 radical (unpaired) electrons. The molecule has 0 spiro atoms. The Morgan fingerprint density at radius 3 is 1.67 bits per heavy atom. The summed E-state index contributed by atoms with van der Waals surface area (Å²) in [6.45, 7) is 13.9. The van der Waals surface area contributed by atoms with Gasteiger partial charge in [0.25, 0.3) is 0 Å². The van der Waals surface area contributed by atoms with Crippen LogP contribution in [-0.2, 0) is 19.1 Å². The highest BCUT2D eigenvalue weighted by Crippen LogP contribution is 2.21. The minimum absolute atomic E-state index is 0.0232. The molecule has 1 aliphatic rings. The van der Waals surface area contributed by atoms with Crippen LogP contribution in [0.2, 0.25) is 0 Å². The van der Waals surface area contributed by atoms with E-state index in [1.54, 1.807) is 13.8 Å². The highest BCUT2D eigenvalue weighted by atomic mass is 16.6. The van der Waals surface area contributed by atoms with Crippen LogP contribution in [0, 0.1) is 11.8 Å². The fourth-order valence-electron chi connectivity index (χ4n) is 1.38. The Hall–Kier alpha value is -0.900. The number of carbonyl (C=O) groups excluding carboxylic acids is 2.